The molecule has 0 radical (unpaired) electrons. The molecule has 27 heavy (non-hydrogen) atoms. The van der Waals surface area contributed by atoms with E-state index in [1.165, 1.54) is 10.9 Å². The molecular weight excluding hydrogens is 395 g/mol. The van der Waals surface area contributed by atoms with E-state index in [2.05, 4.69) is 19.1 Å². The topological polar surface area (TPSA) is 180 Å². The van der Waals surface area contributed by atoms with Gasteiger partial charge in [0.15, 0.2) is 17.4 Å². The van der Waals surface area contributed by atoms with E-state index in [-0.39, 0.29) is 40.7 Å². The van der Waals surface area contributed by atoms with E-state index < -0.39 is 51.5 Å². The van der Waals surface area contributed by atoms with Gasteiger partial charge in [-0.15, -0.1) is 0 Å². The number of imidazole rings is 1. The second-order valence-electron chi connectivity index (χ2n) is 6.88. The number of nitrogens with zero attached hydrogens (tertiary/aromatic N) is 3. The van der Waals surface area contributed by atoms with Crippen LogP contribution in [0.4, 0.5) is 0 Å². The number of fused-ring (bicyclic) bond motifs is 2. The van der Waals surface area contributed by atoms with Crippen LogP contribution in [0.15, 0.2) is 17.4 Å². The number of hydrogen-bond donors (Lipinski definition) is 3. The maximum atomic E-state index is 11.8. The maximum absolute atomic E-state index is 11.8. The number of nitrogens with one attached hydrogen (secondary N) is 1. The van der Waals surface area contributed by atoms with Crippen molar-refractivity contribution in [1.82, 2.24) is 19.5 Å². The van der Waals surface area contributed by atoms with Crippen LogP contribution in [0, 0.1) is 5.41 Å². The Morgan fingerprint density at radius 2 is 2.04 bits per heavy atom. The number of ether oxygens (including phenoxy) is 1. The van der Waals surface area contributed by atoms with Crippen LogP contribution >= 0.6 is 0 Å². The molecule has 0 amide bonds. The number of H-pyrrole nitrogens is 1. The van der Waals surface area contributed by atoms with Crippen LogP contribution in [0.25, 0.3) is 11.2 Å². The van der Waals surface area contributed by atoms with Gasteiger partial charge in [0, 0.05) is 5.41 Å². The zero-order valence-corrected chi connectivity index (χ0v) is 17.4. The zero-order valence-electron chi connectivity index (χ0n) is 14.6. The molecule has 12 nitrogen and oxygen atoms in total. The summed E-state index contributed by atoms with van der Waals surface area (Å²) in [6.07, 6.45) is -0.172. The van der Waals surface area contributed by atoms with Crippen molar-refractivity contribution in [1.29, 1.82) is 0 Å². The second kappa shape index (κ2) is 6.05. The Balaban J connectivity index is 0.00000210. The van der Waals surface area contributed by atoms with Crippen molar-refractivity contribution in [2.24, 2.45) is 5.41 Å². The van der Waals surface area contributed by atoms with Gasteiger partial charge in [0.2, 0.25) is 10.4 Å². The molecule has 3 heterocycles. The second-order valence-corrected chi connectivity index (χ2v) is 7.94. The third kappa shape index (κ3) is 2.51. The molecular formula is C13H15N4NaO8S. The largest absolute Gasteiger partial charge is 1.00 e. The minimum Gasteiger partial charge on any atom is -0.726 e. The van der Waals surface area contributed by atoms with Crippen LogP contribution in [0.5, 0.6) is 0 Å². The van der Waals surface area contributed by atoms with Gasteiger partial charge >= 0.3 is 29.6 Å². The predicted octanol–water partition coefficient (Wildman–Crippen LogP) is -5.00. The smallest absolute Gasteiger partial charge is 0.726 e. The number of aliphatic hydroxyl groups is 2. The van der Waals surface area contributed by atoms with E-state index in [0.29, 0.717) is 0 Å². The van der Waals surface area contributed by atoms with Crippen molar-refractivity contribution in [3.63, 3.8) is 0 Å². The van der Waals surface area contributed by atoms with Crippen molar-refractivity contribution in [3.05, 3.63) is 23.0 Å². The number of hydrogen-bond acceptors (Lipinski definition) is 10. The van der Waals surface area contributed by atoms with E-state index in [1.807, 2.05) is 0 Å². The standard InChI is InChI=1S/C13H16N4O8S.Na/c1-11(2)12(19)6(3-24-26(21,22)23)25-10(13(11,12)20)17-5-16-7-8(17)14-4-15-9(7)18;/h4-6,10,19-20H,3H2,1-2H3,(H,14,15,18)(H,21,22,23);/q;+1/p-1/t6-,10-,12+,13-;/m1./s1. The summed E-state index contributed by atoms with van der Waals surface area (Å²) in [7, 11) is -5.01. The van der Waals surface area contributed by atoms with Gasteiger partial charge in [-0.2, -0.15) is 0 Å². The Labute approximate surface area is 174 Å². The molecule has 142 valence electrons. The molecule has 4 atom stereocenters. The van der Waals surface area contributed by atoms with Gasteiger partial charge < -0.3 is 24.5 Å². The monoisotopic (exact) mass is 410 g/mol. The van der Waals surface area contributed by atoms with Crippen molar-refractivity contribution in [2.75, 3.05) is 6.61 Å². The molecule has 1 aliphatic heterocycles. The fourth-order valence-corrected chi connectivity index (χ4v) is 4.29. The molecule has 2 fully saturated rings. The van der Waals surface area contributed by atoms with Gasteiger partial charge in [0.25, 0.3) is 5.56 Å². The third-order valence-electron chi connectivity index (χ3n) is 5.52. The summed E-state index contributed by atoms with van der Waals surface area (Å²) in [5.74, 6) is 0. The Morgan fingerprint density at radius 3 is 2.67 bits per heavy atom. The minimum atomic E-state index is -5.01. The van der Waals surface area contributed by atoms with Gasteiger partial charge in [-0.05, 0) is 0 Å². The van der Waals surface area contributed by atoms with Crippen LogP contribution in [-0.2, 0) is 19.3 Å². The van der Waals surface area contributed by atoms with E-state index >= 15 is 0 Å². The van der Waals surface area contributed by atoms with Gasteiger partial charge in [-0.1, -0.05) is 13.8 Å². The maximum Gasteiger partial charge on any atom is 1.00 e. The first-order valence-electron chi connectivity index (χ1n) is 7.56. The van der Waals surface area contributed by atoms with E-state index in [4.69, 9.17) is 4.74 Å². The SMILES string of the molecule is CC1(C)[C@]2(O)[C@H](n3cnc4c(=O)[nH]cnc43)O[C@H](COS(=O)(=O)[O-])[C@]12O.[Na+]. The summed E-state index contributed by atoms with van der Waals surface area (Å²) in [5.41, 5.74) is -5.24. The van der Waals surface area contributed by atoms with Crippen molar-refractivity contribution < 1.29 is 61.7 Å². The van der Waals surface area contributed by atoms with Crippen molar-refractivity contribution in [3.8, 4) is 0 Å². The summed E-state index contributed by atoms with van der Waals surface area (Å²) in [6.45, 7) is 2.34. The van der Waals surface area contributed by atoms with E-state index in [9.17, 15) is 28.0 Å². The van der Waals surface area contributed by atoms with Crippen molar-refractivity contribution >= 4 is 21.6 Å². The van der Waals surface area contributed by atoms with E-state index in [1.54, 1.807) is 13.8 Å². The van der Waals surface area contributed by atoms with Gasteiger partial charge in [-0.3, -0.25) is 13.5 Å². The molecule has 0 unspecified atom stereocenters. The van der Waals surface area contributed by atoms with Crippen LogP contribution in [0.1, 0.15) is 20.1 Å². The van der Waals surface area contributed by atoms with Gasteiger partial charge in [0.05, 0.1) is 19.3 Å². The Bertz CT molecular complexity index is 1070. The first kappa shape index (κ1) is 20.8. The molecule has 2 aliphatic rings. The Morgan fingerprint density at radius 1 is 1.37 bits per heavy atom. The average molecular weight is 410 g/mol. The van der Waals surface area contributed by atoms with E-state index in [0.717, 1.165) is 6.33 Å². The summed E-state index contributed by atoms with van der Waals surface area (Å²) < 4.78 is 43.3. The molecule has 2 aromatic rings. The molecule has 1 saturated carbocycles. The number of aromatic amines is 1. The summed E-state index contributed by atoms with van der Waals surface area (Å²) in [4.78, 5) is 22.1. The fraction of sp³-hybridized carbons (Fsp3) is 0.615. The summed E-state index contributed by atoms with van der Waals surface area (Å²) in [5, 5.41) is 22.0. The molecule has 0 bridgehead atoms. The van der Waals surface area contributed by atoms with Gasteiger partial charge in [0.1, 0.15) is 17.3 Å². The molecule has 1 saturated heterocycles. The molecule has 14 heteroatoms. The third-order valence-corrected chi connectivity index (χ3v) is 5.95. The van der Waals surface area contributed by atoms with Crippen LogP contribution < -0.4 is 35.1 Å². The first-order valence-corrected chi connectivity index (χ1v) is 8.89. The van der Waals surface area contributed by atoms with Crippen LogP contribution in [0.3, 0.4) is 0 Å². The zero-order chi connectivity index (χ0) is 19.1. The van der Waals surface area contributed by atoms with Gasteiger partial charge in [-0.25, -0.2) is 18.4 Å². The summed E-state index contributed by atoms with van der Waals surface area (Å²) in [6, 6.07) is 0. The molecule has 4 rings (SSSR count). The van der Waals surface area contributed by atoms with Crippen molar-refractivity contribution in [2.45, 2.75) is 37.4 Å². The van der Waals surface area contributed by atoms with Crippen LogP contribution in [-0.4, -0.2) is 66.6 Å². The van der Waals surface area contributed by atoms with Crippen LogP contribution in [0.2, 0.25) is 0 Å². The Kier molecular flexibility index (Phi) is 4.66. The fourth-order valence-electron chi connectivity index (χ4n) is 4.00. The molecule has 0 aromatic carbocycles. The number of aromatic nitrogens is 4. The Hall–Kier alpha value is -0.900. The molecule has 2 aromatic heterocycles. The average Bonchev–Trinajstić information content (AvgIpc) is 2.92. The predicted molar refractivity (Wildman–Crippen MR) is 81.4 cm³/mol. The first-order chi connectivity index (χ1) is 11.9. The summed E-state index contributed by atoms with van der Waals surface area (Å²) >= 11 is 0. The minimum absolute atomic E-state index is 0. The normalized spacial score (nSPS) is 34.3. The molecule has 1 aliphatic carbocycles. The number of rotatable bonds is 4. The quantitative estimate of drug-likeness (QED) is 0.251. The molecule has 0 spiro atoms. The molecule has 3 N–H and O–H groups in total.